The summed E-state index contributed by atoms with van der Waals surface area (Å²) in [4.78, 5) is 7.95. The van der Waals surface area contributed by atoms with Gasteiger partial charge in [0.2, 0.25) is 0 Å². The van der Waals surface area contributed by atoms with Crippen molar-refractivity contribution in [2.24, 2.45) is 7.05 Å². The lowest BCUT2D eigenvalue weighted by Gasteiger charge is -2.08. The van der Waals surface area contributed by atoms with Crippen LogP contribution in [0.5, 0.6) is 5.75 Å². The first-order valence-electron chi connectivity index (χ1n) is 7.35. The van der Waals surface area contributed by atoms with E-state index < -0.39 is 5.82 Å². The van der Waals surface area contributed by atoms with Crippen LogP contribution in [0, 0.1) is 5.82 Å². The SMILES string of the molecule is CCc1ncnc(Sc2nnc(-c3ccccc3OC)n2C)c1F. The van der Waals surface area contributed by atoms with Gasteiger partial charge in [-0.25, -0.2) is 14.4 Å². The minimum atomic E-state index is -0.410. The Bertz CT molecular complexity index is 867. The van der Waals surface area contributed by atoms with E-state index in [1.54, 1.807) is 11.7 Å². The number of halogens is 1. The monoisotopic (exact) mass is 345 g/mol. The number of benzene rings is 1. The Labute approximate surface area is 143 Å². The molecule has 0 N–H and O–H groups in total. The first-order valence-corrected chi connectivity index (χ1v) is 8.17. The smallest absolute Gasteiger partial charge is 0.197 e. The second kappa shape index (κ2) is 6.96. The molecule has 0 saturated carbocycles. The summed E-state index contributed by atoms with van der Waals surface area (Å²) in [5, 5.41) is 9.14. The van der Waals surface area contributed by atoms with Gasteiger partial charge in [0.05, 0.1) is 18.4 Å². The Kier molecular flexibility index (Phi) is 4.75. The number of ether oxygens (including phenoxy) is 1. The second-order valence-electron chi connectivity index (χ2n) is 4.96. The van der Waals surface area contributed by atoms with Crippen LogP contribution in [0.25, 0.3) is 11.4 Å². The summed E-state index contributed by atoms with van der Waals surface area (Å²) < 4.78 is 21.5. The van der Waals surface area contributed by atoms with Crippen molar-refractivity contribution >= 4 is 11.8 Å². The maximum atomic E-state index is 14.3. The van der Waals surface area contributed by atoms with Crippen LogP contribution in [0.3, 0.4) is 0 Å². The summed E-state index contributed by atoms with van der Waals surface area (Å²) in [6.07, 6.45) is 1.87. The van der Waals surface area contributed by atoms with E-state index in [9.17, 15) is 4.39 Å². The highest BCUT2D eigenvalue weighted by Crippen LogP contribution is 2.32. The van der Waals surface area contributed by atoms with Gasteiger partial charge in [0.15, 0.2) is 16.8 Å². The third-order valence-electron chi connectivity index (χ3n) is 3.54. The van der Waals surface area contributed by atoms with Crippen LogP contribution in [0.4, 0.5) is 4.39 Å². The summed E-state index contributed by atoms with van der Waals surface area (Å²) in [5.41, 5.74) is 1.21. The predicted octanol–water partition coefficient (Wildman–Crippen LogP) is 3.13. The van der Waals surface area contributed by atoms with Crippen molar-refractivity contribution < 1.29 is 9.13 Å². The first kappa shape index (κ1) is 16.4. The number of aromatic nitrogens is 5. The minimum absolute atomic E-state index is 0.240. The van der Waals surface area contributed by atoms with E-state index in [-0.39, 0.29) is 5.03 Å². The zero-order valence-corrected chi connectivity index (χ0v) is 14.3. The van der Waals surface area contributed by atoms with Gasteiger partial charge in [0.25, 0.3) is 0 Å². The second-order valence-corrected chi connectivity index (χ2v) is 5.92. The van der Waals surface area contributed by atoms with Gasteiger partial charge >= 0.3 is 0 Å². The van der Waals surface area contributed by atoms with Crippen molar-refractivity contribution in [2.45, 2.75) is 23.5 Å². The van der Waals surface area contributed by atoms with Crippen LogP contribution < -0.4 is 4.74 Å². The molecule has 0 radical (unpaired) electrons. The molecule has 0 spiro atoms. The highest BCUT2D eigenvalue weighted by molar-refractivity contribution is 7.99. The fraction of sp³-hybridized carbons (Fsp3) is 0.250. The van der Waals surface area contributed by atoms with E-state index in [1.807, 2.05) is 38.2 Å². The topological polar surface area (TPSA) is 65.7 Å². The van der Waals surface area contributed by atoms with Gasteiger partial charge in [-0.1, -0.05) is 19.1 Å². The molecule has 0 amide bonds. The molecule has 24 heavy (non-hydrogen) atoms. The van der Waals surface area contributed by atoms with Gasteiger partial charge < -0.3 is 9.30 Å². The van der Waals surface area contributed by atoms with Crippen LogP contribution in [0.1, 0.15) is 12.6 Å². The van der Waals surface area contributed by atoms with Crippen LogP contribution in [0.15, 0.2) is 40.8 Å². The van der Waals surface area contributed by atoms with Crippen molar-refractivity contribution in [3.63, 3.8) is 0 Å². The Balaban J connectivity index is 1.97. The molecule has 0 saturated heterocycles. The Morgan fingerprint density at radius 3 is 2.75 bits per heavy atom. The van der Waals surface area contributed by atoms with E-state index in [2.05, 4.69) is 20.2 Å². The lowest BCUT2D eigenvalue weighted by atomic mass is 10.2. The highest BCUT2D eigenvalue weighted by Gasteiger charge is 2.18. The summed E-state index contributed by atoms with van der Waals surface area (Å²) in [6.45, 7) is 1.85. The largest absolute Gasteiger partial charge is 0.496 e. The molecule has 3 rings (SSSR count). The quantitative estimate of drug-likeness (QED) is 0.662. The molecule has 2 heterocycles. The molecule has 0 unspecified atom stereocenters. The van der Waals surface area contributed by atoms with E-state index in [1.165, 1.54) is 6.33 Å². The van der Waals surface area contributed by atoms with Gasteiger partial charge in [0.1, 0.15) is 17.1 Å². The van der Waals surface area contributed by atoms with Gasteiger partial charge in [-0.15, -0.1) is 10.2 Å². The molecule has 0 aliphatic rings. The number of methoxy groups -OCH3 is 1. The van der Waals surface area contributed by atoms with Crippen molar-refractivity contribution in [3.05, 3.63) is 42.1 Å². The average Bonchev–Trinajstić information content (AvgIpc) is 2.97. The summed E-state index contributed by atoms with van der Waals surface area (Å²) in [6, 6.07) is 7.54. The van der Waals surface area contributed by atoms with E-state index in [0.717, 1.165) is 17.3 Å². The van der Waals surface area contributed by atoms with Gasteiger partial charge in [-0.2, -0.15) is 0 Å². The molecule has 0 aliphatic carbocycles. The third kappa shape index (κ3) is 2.96. The number of hydrogen-bond donors (Lipinski definition) is 0. The molecular formula is C16H16FN5OS. The lowest BCUT2D eigenvalue weighted by molar-refractivity contribution is 0.416. The van der Waals surface area contributed by atoms with Crippen molar-refractivity contribution in [1.29, 1.82) is 0 Å². The highest BCUT2D eigenvalue weighted by atomic mass is 32.2. The molecule has 0 bridgehead atoms. The predicted molar refractivity (Wildman–Crippen MR) is 88.5 cm³/mol. The maximum Gasteiger partial charge on any atom is 0.197 e. The zero-order chi connectivity index (χ0) is 17.1. The molecular weight excluding hydrogens is 329 g/mol. The van der Waals surface area contributed by atoms with E-state index in [4.69, 9.17) is 4.74 Å². The van der Waals surface area contributed by atoms with E-state index >= 15 is 0 Å². The van der Waals surface area contributed by atoms with Crippen LogP contribution in [-0.2, 0) is 13.5 Å². The van der Waals surface area contributed by atoms with Crippen LogP contribution >= 0.6 is 11.8 Å². The molecule has 1 aromatic carbocycles. The Hall–Kier alpha value is -2.48. The van der Waals surface area contributed by atoms with Crippen LogP contribution in [0.2, 0.25) is 0 Å². The maximum absolute atomic E-state index is 14.3. The third-order valence-corrected chi connectivity index (χ3v) is 4.55. The zero-order valence-electron chi connectivity index (χ0n) is 13.5. The van der Waals surface area contributed by atoms with Crippen molar-refractivity contribution in [3.8, 4) is 17.1 Å². The molecule has 6 nitrogen and oxygen atoms in total. The Morgan fingerprint density at radius 2 is 2.00 bits per heavy atom. The van der Waals surface area contributed by atoms with Crippen molar-refractivity contribution in [2.75, 3.05) is 7.11 Å². The Morgan fingerprint density at radius 1 is 1.21 bits per heavy atom. The number of rotatable bonds is 5. The van der Waals surface area contributed by atoms with Gasteiger partial charge in [-0.05, 0) is 30.3 Å². The standard InChI is InChI=1S/C16H16FN5OS/c1-4-11-13(17)15(19-9-18-11)24-16-21-20-14(22(16)2)10-7-5-6-8-12(10)23-3/h5-9H,4H2,1-3H3. The number of para-hydroxylation sites is 1. The molecule has 0 aliphatic heterocycles. The van der Waals surface area contributed by atoms with Gasteiger partial charge in [-0.3, -0.25) is 0 Å². The minimum Gasteiger partial charge on any atom is -0.496 e. The van der Waals surface area contributed by atoms with Crippen LogP contribution in [-0.4, -0.2) is 31.8 Å². The molecule has 0 fully saturated rings. The average molecular weight is 345 g/mol. The fourth-order valence-electron chi connectivity index (χ4n) is 2.26. The van der Waals surface area contributed by atoms with E-state index in [0.29, 0.717) is 28.8 Å². The van der Waals surface area contributed by atoms with Crippen molar-refractivity contribution in [1.82, 2.24) is 24.7 Å². The molecule has 8 heteroatoms. The summed E-state index contributed by atoms with van der Waals surface area (Å²) in [7, 11) is 3.43. The number of hydrogen-bond acceptors (Lipinski definition) is 6. The first-order chi connectivity index (χ1) is 11.7. The molecule has 3 aromatic rings. The lowest BCUT2D eigenvalue weighted by Crippen LogP contribution is -2.00. The summed E-state index contributed by atoms with van der Waals surface area (Å²) in [5.74, 6) is 0.929. The number of nitrogens with zero attached hydrogens (tertiary/aromatic N) is 5. The molecule has 2 aromatic heterocycles. The summed E-state index contributed by atoms with van der Waals surface area (Å²) >= 11 is 1.12. The molecule has 0 atom stereocenters. The molecule has 124 valence electrons. The normalized spacial score (nSPS) is 10.8. The fourth-order valence-corrected chi connectivity index (χ4v) is 3.04. The number of aryl methyl sites for hydroxylation is 1. The van der Waals surface area contributed by atoms with Gasteiger partial charge in [0, 0.05) is 7.05 Å².